The van der Waals surface area contributed by atoms with Crippen LogP contribution in [0.2, 0.25) is 0 Å². The number of hydrogen-bond acceptors (Lipinski definition) is 3. The number of anilines is 2. The second-order valence-corrected chi connectivity index (χ2v) is 6.36. The second kappa shape index (κ2) is 7.90. The summed E-state index contributed by atoms with van der Waals surface area (Å²) in [5, 5.41) is 5.87. The molecule has 1 heterocycles. The van der Waals surface area contributed by atoms with E-state index < -0.39 is 0 Å². The van der Waals surface area contributed by atoms with Crippen LogP contribution in [-0.2, 0) is 9.59 Å². The van der Waals surface area contributed by atoms with Gasteiger partial charge in [-0.05, 0) is 44.6 Å². The van der Waals surface area contributed by atoms with Crippen LogP contribution in [0.15, 0.2) is 42.8 Å². The first-order chi connectivity index (χ1) is 11.7. The molecule has 3 rings (SSSR count). The SMILES string of the molecule is O=C(Nc1ccncc1NC(=O)C1CC=CCC1)C1CC=CCC1. The summed E-state index contributed by atoms with van der Waals surface area (Å²) in [4.78, 5) is 28.9. The summed E-state index contributed by atoms with van der Waals surface area (Å²) in [7, 11) is 0. The van der Waals surface area contributed by atoms with Crippen molar-refractivity contribution in [3.8, 4) is 0 Å². The molecule has 126 valence electrons. The lowest BCUT2D eigenvalue weighted by Gasteiger charge is -2.20. The van der Waals surface area contributed by atoms with E-state index >= 15 is 0 Å². The Morgan fingerprint density at radius 2 is 1.46 bits per heavy atom. The van der Waals surface area contributed by atoms with Gasteiger partial charge in [0.25, 0.3) is 0 Å². The Morgan fingerprint density at radius 3 is 2.00 bits per heavy atom. The number of nitrogens with zero attached hydrogens (tertiary/aromatic N) is 1. The fourth-order valence-electron chi connectivity index (χ4n) is 3.14. The molecule has 2 N–H and O–H groups in total. The predicted molar refractivity (Wildman–Crippen MR) is 94.5 cm³/mol. The van der Waals surface area contributed by atoms with E-state index in [2.05, 4.69) is 39.9 Å². The minimum Gasteiger partial charge on any atom is -0.324 e. The Morgan fingerprint density at radius 1 is 0.875 bits per heavy atom. The van der Waals surface area contributed by atoms with E-state index in [1.54, 1.807) is 18.5 Å². The third kappa shape index (κ3) is 4.10. The maximum Gasteiger partial charge on any atom is 0.227 e. The average Bonchev–Trinajstić information content (AvgIpc) is 2.64. The highest BCUT2D eigenvalue weighted by Crippen LogP contribution is 2.26. The molecule has 0 bridgehead atoms. The first-order valence-electron chi connectivity index (χ1n) is 8.60. The van der Waals surface area contributed by atoms with Gasteiger partial charge in [-0.25, -0.2) is 0 Å². The standard InChI is InChI=1S/C19H23N3O2/c23-18(14-7-3-1-4-8-14)21-16-11-12-20-13-17(16)22-19(24)15-9-5-2-6-10-15/h1-3,5,11-15H,4,6-10H2,(H,22,24)(H,20,21,23). The van der Waals surface area contributed by atoms with Crippen LogP contribution in [-0.4, -0.2) is 16.8 Å². The summed E-state index contributed by atoms with van der Waals surface area (Å²) in [6.07, 6.45) is 16.7. The highest BCUT2D eigenvalue weighted by atomic mass is 16.2. The van der Waals surface area contributed by atoms with Gasteiger partial charge in [-0.2, -0.15) is 0 Å². The van der Waals surface area contributed by atoms with Gasteiger partial charge < -0.3 is 10.6 Å². The molecule has 0 radical (unpaired) electrons. The van der Waals surface area contributed by atoms with Crippen LogP contribution in [0.1, 0.15) is 38.5 Å². The molecule has 24 heavy (non-hydrogen) atoms. The lowest BCUT2D eigenvalue weighted by molar-refractivity contribution is -0.121. The smallest absolute Gasteiger partial charge is 0.227 e. The molecule has 1 aromatic rings. The molecule has 0 spiro atoms. The van der Waals surface area contributed by atoms with E-state index in [-0.39, 0.29) is 23.7 Å². The van der Waals surface area contributed by atoms with Crippen LogP contribution in [0, 0.1) is 11.8 Å². The number of allylic oxidation sites excluding steroid dienone is 4. The van der Waals surface area contributed by atoms with Gasteiger partial charge in [-0.1, -0.05) is 24.3 Å². The molecule has 5 heteroatoms. The van der Waals surface area contributed by atoms with Crippen molar-refractivity contribution in [2.45, 2.75) is 38.5 Å². The van der Waals surface area contributed by atoms with Crippen LogP contribution in [0.25, 0.3) is 0 Å². The molecule has 0 aliphatic heterocycles. The van der Waals surface area contributed by atoms with Gasteiger partial charge >= 0.3 is 0 Å². The van der Waals surface area contributed by atoms with Gasteiger partial charge in [0.15, 0.2) is 0 Å². The number of pyridine rings is 1. The van der Waals surface area contributed by atoms with Crippen molar-refractivity contribution in [2.24, 2.45) is 11.8 Å². The zero-order valence-corrected chi connectivity index (χ0v) is 13.7. The second-order valence-electron chi connectivity index (χ2n) is 6.36. The first kappa shape index (κ1) is 16.4. The zero-order valence-electron chi connectivity index (χ0n) is 13.7. The Bertz CT molecular complexity index is 609. The van der Waals surface area contributed by atoms with E-state index in [1.807, 2.05) is 0 Å². The molecule has 5 nitrogen and oxygen atoms in total. The monoisotopic (exact) mass is 325 g/mol. The minimum absolute atomic E-state index is 0.00153. The number of carbonyl (C=O) groups is 2. The Labute approximate surface area is 142 Å². The van der Waals surface area contributed by atoms with Crippen LogP contribution in [0.4, 0.5) is 11.4 Å². The Kier molecular flexibility index (Phi) is 5.41. The summed E-state index contributed by atoms with van der Waals surface area (Å²) < 4.78 is 0. The number of rotatable bonds is 4. The van der Waals surface area contributed by atoms with E-state index in [9.17, 15) is 9.59 Å². The number of nitrogens with one attached hydrogen (secondary N) is 2. The summed E-state index contributed by atoms with van der Waals surface area (Å²) >= 11 is 0. The van der Waals surface area contributed by atoms with Crippen molar-refractivity contribution >= 4 is 23.2 Å². The maximum atomic E-state index is 12.4. The van der Waals surface area contributed by atoms with E-state index in [1.165, 1.54) is 0 Å². The number of amides is 2. The van der Waals surface area contributed by atoms with Gasteiger partial charge in [0.05, 0.1) is 17.6 Å². The molecule has 2 amide bonds. The number of carbonyl (C=O) groups excluding carboxylic acids is 2. The molecular formula is C19H23N3O2. The number of hydrogen-bond donors (Lipinski definition) is 2. The van der Waals surface area contributed by atoms with Gasteiger partial charge in [-0.3, -0.25) is 14.6 Å². The molecule has 0 saturated heterocycles. The van der Waals surface area contributed by atoms with Crippen molar-refractivity contribution in [1.82, 2.24) is 4.98 Å². The summed E-state index contributed by atoms with van der Waals surface area (Å²) in [6, 6.07) is 1.73. The van der Waals surface area contributed by atoms with Crippen LogP contribution in [0.5, 0.6) is 0 Å². The topological polar surface area (TPSA) is 71.1 Å². The molecule has 0 aromatic carbocycles. The third-order valence-electron chi connectivity index (χ3n) is 4.62. The van der Waals surface area contributed by atoms with Crippen molar-refractivity contribution in [3.63, 3.8) is 0 Å². The molecule has 2 aliphatic rings. The minimum atomic E-state index is -0.0118. The highest BCUT2D eigenvalue weighted by molar-refractivity contribution is 6.00. The van der Waals surface area contributed by atoms with Crippen molar-refractivity contribution in [3.05, 3.63) is 42.8 Å². The number of aromatic nitrogens is 1. The van der Waals surface area contributed by atoms with Gasteiger partial charge in [0, 0.05) is 18.0 Å². The zero-order chi connectivity index (χ0) is 16.8. The maximum absolute atomic E-state index is 12.4. The Hall–Kier alpha value is -2.43. The third-order valence-corrected chi connectivity index (χ3v) is 4.62. The first-order valence-corrected chi connectivity index (χ1v) is 8.60. The van der Waals surface area contributed by atoms with Gasteiger partial charge in [-0.15, -0.1) is 0 Å². The van der Waals surface area contributed by atoms with E-state index in [0.29, 0.717) is 11.4 Å². The molecule has 2 unspecified atom stereocenters. The lowest BCUT2D eigenvalue weighted by atomic mass is 9.93. The van der Waals surface area contributed by atoms with Crippen molar-refractivity contribution in [2.75, 3.05) is 10.6 Å². The Balaban J connectivity index is 1.66. The molecule has 1 aromatic heterocycles. The highest BCUT2D eigenvalue weighted by Gasteiger charge is 2.22. The van der Waals surface area contributed by atoms with Gasteiger partial charge in [0.1, 0.15) is 0 Å². The summed E-state index contributed by atoms with van der Waals surface area (Å²) in [5.41, 5.74) is 1.18. The average molecular weight is 325 g/mol. The lowest BCUT2D eigenvalue weighted by Crippen LogP contribution is -2.26. The van der Waals surface area contributed by atoms with E-state index in [4.69, 9.17) is 0 Å². The van der Waals surface area contributed by atoms with Crippen molar-refractivity contribution < 1.29 is 9.59 Å². The van der Waals surface area contributed by atoms with Crippen LogP contribution < -0.4 is 10.6 Å². The van der Waals surface area contributed by atoms with Crippen LogP contribution in [0.3, 0.4) is 0 Å². The quantitative estimate of drug-likeness (QED) is 0.830. The van der Waals surface area contributed by atoms with E-state index in [0.717, 1.165) is 38.5 Å². The molecule has 2 aliphatic carbocycles. The fraction of sp³-hybridized carbons (Fsp3) is 0.421. The van der Waals surface area contributed by atoms with Crippen molar-refractivity contribution in [1.29, 1.82) is 0 Å². The van der Waals surface area contributed by atoms with Crippen LogP contribution >= 0.6 is 0 Å². The summed E-state index contributed by atoms with van der Waals surface area (Å²) in [6.45, 7) is 0. The molecule has 0 fully saturated rings. The molecule has 2 atom stereocenters. The largest absolute Gasteiger partial charge is 0.324 e. The molecular weight excluding hydrogens is 302 g/mol. The molecule has 0 saturated carbocycles. The van der Waals surface area contributed by atoms with Gasteiger partial charge in [0.2, 0.25) is 11.8 Å². The fourth-order valence-corrected chi connectivity index (χ4v) is 3.14. The normalized spacial score (nSPS) is 22.8. The predicted octanol–water partition coefficient (Wildman–Crippen LogP) is 3.67. The summed E-state index contributed by atoms with van der Waals surface area (Å²) in [5.74, 6) is -0.0254.